The van der Waals surface area contributed by atoms with Crippen LogP contribution in [0.5, 0.6) is 11.5 Å². The van der Waals surface area contributed by atoms with Crippen molar-refractivity contribution in [1.82, 2.24) is 0 Å². The molecule has 80 valence electrons. The molecule has 0 spiro atoms. The summed E-state index contributed by atoms with van der Waals surface area (Å²) in [4.78, 5) is 11.3. The van der Waals surface area contributed by atoms with Gasteiger partial charge in [-0.25, -0.2) is 0 Å². The molecule has 0 saturated carbocycles. The first-order valence-electron chi connectivity index (χ1n) is 4.73. The molecule has 0 fully saturated rings. The van der Waals surface area contributed by atoms with Gasteiger partial charge in [-0.15, -0.1) is 0 Å². The van der Waals surface area contributed by atoms with Crippen LogP contribution in [-0.2, 0) is 16.0 Å². The van der Waals surface area contributed by atoms with E-state index in [9.17, 15) is 9.90 Å². The Labute approximate surface area is 87.4 Å². The Hall–Kier alpha value is -1.71. The van der Waals surface area contributed by atoms with Crippen LogP contribution in [0.4, 0.5) is 0 Å². The average Bonchev–Trinajstić information content (AvgIpc) is 2.27. The molecule has 1 aliphatic rings. The van der Waals surface area contributed by atoms with Crippen LogP contribution >= 0.6 is 0 Å². The van der Waals surface area contributed by atoms with Crippen LogP contribution in [-0.4, -0.2) is 24.8 Å². The van der Waals surface area contributed by atoms with Gasteiger partial charge in [0.1, 0.15) is 18.1 Å². The highest BCUT2D eigenvalue weighted by Gasteiger charge is 2.26. The highest BCUT2D eigenvalue weighted by Crippen LogP contribution is 2.30. The molecule has 2 rings (SSSR count). The fourth-order valence-electron chi connectivity index (χ4n) is 1.68. The van der Waals surface area contributed by atoms with Crippen molar-refractivity contribution in [2.45, 2.75) is 6.42 Å². The van der Waals surface area contributed by atoms with Crippen molar-refractivity contribution >= 4 is 5.97 Å². The maximum Gasteiger partial charge on any atom is 0.312 e. The number of fused-ring (bicyclic) bond motifs is 1. The number of esters is 1. The molecule has 1 atom stereocenters. The van der Waals surface area contributed by atoms with Crippen LogP contribution in [0.1, 0.15) is 5.56 Å². The molecule has 1 aliphatic heterocycles. The Balaban J connectivity index is 2.20. The fraction of sp³-hybridized carbons (Fsp3) is 0.364. The summed E-state index contributed by atoms with van der Waals surface area (Å²) in [6.07, 6.45) is 0.599. The minimum Gasteiger partial charge on any atom is -0.508 e. The number of benzene rings is 1. The summed E-state index contributed by atoms with van der Waals surface area (Å²) >= 11 is 0. The van der Waals surface area contributed by atoms with Crippen molar-refractivity contribution < 1.29 is 19.4 Å². The van der Waals surface area contributed by atoms with Crippen LogP contribution in [0.3, 0.4) is 0 Å². The quantitative estimate of drug-likeness (QED) is 0.702. The van der Waals surface area contributed by atoms with Crippen molar-refractivity contribution in [2.24, 2.45) is 5.92 Å². The van der Waals surface area contributed by atoms with E-state index >= 15 is 0 Å². The molecule has 4 heteroatoms. The van der Waals surface area contributed by atoms with Crippen LogP contribution < -0.4 is 4.74 Å². The molecule has 0 bridgehead atoms. The summed E-state index contributed by atoms with van der Waals surface area (Å²) in [7, 11) is 1.37. The molecule has 1 heterocycles. The zero-order valence-electron chi connectivity index (χ0n) is 8.40. The summed E-state index contributed by atoms with van der Waals surface area (Å²) in [6.45, 7) is 0.309. The minimum atomic E-state index is -0.256. The maximum absolute atomic E-state index is 11.3. The van der Waals surface area contributed by atoms with Gasteiger partial charge in [-0.3, -0.25) is 4.79 Å². The highest BCUT2D eigenvalue weighted by atomic mass is 16.5. The lowest BCUT2D eigenvalue weighted by atomic mass is 9.97. The highest BCUT2D eigenvalue weighted by molar-refractivity contribution is 5.73. The summed E-state index contributed by atoms with van der Waals surface area (Å²) in [6, 6.07) is 4.91. The smallest absolute Gasteiger partial charge is 0.312 e. The van der Waals surface area contributed by atoms with Gasteiger partial charge < -0.3 is 14.6 Å². The van der Waals surface area contributed by atoms with Crippen LogP contribution in [0.25, 0.3) is 0 Å². The lowest BCUT2D eigenvalue weighted by molar-refractivity contribution is -0.146. The van der Waals surface area contributed by atoms with Gasteiger partial charge in [-0.05, 0) is 18.1 Å². The number of carbonyl (C=O) groups is 1. The van der Waals surface area contributed by atoms with Gasteiger partial charge in [0.25, 0.3) is 0 Å². The molecular formula is C11H12O4. The van der Waals surface area contributed by atoms with Gasteiger partial charge in [0.15, 0.2) is 0 Å². The first kappa shape index (κ1) is 9.83. The third-order valence-electron chi connectivity index (χ3n) is 2.49. The van der Waals surface area contributed by atoms with Crippen molar-refractivity contribution in [3.8, 4) is 11.5 Å². The van der Waals surface area contributed by atoms with E-state index in [-0.39, 0.29) is 17.6 Å². The van der Waals surface area contributed by atoms with Crippen LogP contribution in [0.2, 0.25) is 0 Å². The van der Waals surface area contributed by atoms with Gasteiger partial charge in [-0.1, -0.05) is 6.07 Å². The molecule has 15 heavy (non-hydrogen) atoms. The van der Waals surface area contributed by atoms with Gasteiger partial charge in [0.05, 0.1) is 13.0 Å². The van der Waals surface area contributed by atoms with E-state index in [0.29, 0.717) is 18.8 Å². The van der Waals surface area contributed by atoms with Crippen molar-refractivity contribution in [3.63, 3.8) is 0 Å². The van der Waals surface area contributed by atoms with Crippen LogP contribution in [0, 0.1) is 5.92 Å². The Morgan fingerprint density at radius 1 is 1.60 bits per heavy atom. The number of hydrogen-bond donors (Lipinski definition) is 1. The number of methoxy groups -OCH3 is 1. The SMILES string of the molecule is COC(=O)C1COc2cc(O)ccc2C1. The van der Waals surface area contributed by atoms with Crippen molar-refractivity contribution in [1.29, 1.82) is 0 Å². The number of hydrogen-bond acceptors (Lipinski definition) is 4. The molecule has 0 aromatic heterocycles. The van der Waals surface area contributed by atoms with E-state index in [2.05, 4.69) is 4.74 Å². The molecule has 1 N–H and O–H groups in total. The zero-order valence-corrected chi connectivity index (χ0v) is 8.40. The van der Waals surface area contributed by atoms with E-state index in [0.717, 1.165) is 5.56 Å². The first-order chi connectivity index (χ1) is 7.20. The van der Waals surface area contributed by atoms with E-state index in [1.54, 1.807) is 18.2 Å². The van der Waals surface area contributed by atoms with Crippen molar-refractivity contribution in [2.75, 3.05) is 13.7 Å². The lowest BCUT2D eigenvalue weighted by Gasteiger charge is -2.23. The fourth-order valence-corrected chi connectivity index (χ4v) is 1.68. The molecule has 0 saturated heterocycles. The predicted molar refractivity (Wildman–Crippen MR) is 52.8 cm³/mol. The number of carbonyl (C=O) groups excluding carboxylic acids is 1. The number of rotatable bonds is 1. The molecule has 4 nitrogen and oxygen atoms in total. The second-order valence-corrected chi connectivity index (χ2v) is 3.53. The molecule has 1 unspecified atom stereocenters. The molecule has 1 aromatic rings. The Kier molecular flexibility index (Phi) is 2.49. The minimum absolute atomic E-state index is 0.172. The number of aromatic hydroxyl groups is 1. The second kappa shape index (κ2) is 3.81. The Morgan fingerprint density at radius 2 is 2.40 bits per heavy atom. The average molecular weight is 208 g/mol. The third-order valence-corrected chi connectivity index (χ3v) is 2.49. The largest absolute Gasteiger partial charge is 0.508 e. The number of phenols is 1. The third kappa shape index (κ3) is 1.88. The Morgan fingerprint density at radius 3 is 3.13 bits per heavy atom. The van der Waals surface area contributed by atoms with Gasteiger partial charge >= 0.3 is 5.97 Å². The van der Waals surface area contributed by atoms with Gasteiger partial charge in [0, 0.05) is 6.07 Å². The number of phenolic OH excluding ortho intramolecular Hbond substituents is 1. The lowest BCUT2D eigenvalue weighted by Crippen LogP contribution is -2.28. The monoisotopic (exact) mass is 208 g/mol. The van der Waals surface area contributed by atoms with E-state index in [1.807, 2.05) is 0 Å². The second-order valence-electron chi connectivity index (χ2n) is 3.53. The maximum atomic E-state index is 11.3. The van der Waals surface area contributed by atoms with E-state index in [4.69, 9.17) is 4.74 Å². The molecule has 0 amide bonds. The predicted octanol–water partition coefficient (Wildman–Crippen LogP) is 1.12. The summed E-state index contributed by atoms with van der Waals surface area (Å²) < 4.78 is 10.0. The molecule has 1 aromatic carbocycles. The topological polar surface area (TPSA) is 55.8 Å². The van der Waals surface area contributed by atoms with E-state index < -0.39 is 0 Å². The molecular weight excluding hydrogens is 196 g/mol. The normalized spacial score (nSPS) is 18.9. The first-order valence-corrected chi connectivity index (χ1v) is 4.73. The summed E-state index contributed by atoms with van der Waals surface area (Å²) in [5.41, 5.74) is 0.925. The summed E-state index contributed by atoms with van der Waals surface area (Å²) in [5, 5.41) is 9.24. The molecule has 0 radical (unpaired) electrons. The zero-order chi connectivity index (χ0) is 10.8. The van der Waals surface area contributed by atoms with Gasteiger partial charge in [-0.2, -0.15) is 0 Å². The summed E-state index contributed by atoms with van der Waals surface area (Å²) in [5.74, 6) is 0.321. The molecule has 0 aliphatic carbocycles. The Bertz CT molecular complexity index is 386. The van der Waals surface area contributed by atoms with E-state index in [1.165, 1.54) is 7.11 Å². The van der Waals surface area contributed by atoms with Crippen LogP contribution in [0.15, 0.2) is 18.2 Å². The van der Waals surface area contributed by atoms with Gasteiger partial charge in [0.2, 0.25) is 0 Å². The standard InChI is InChI=1S/C11H12O4/c1-14-11(13)8-4-7-2-3-9(12)5-10(7)15-6-8/h2-3,5,8,12H,4,6H2,1H3. The van der Waals surface area contributed by atoms with Crippen molar-refractivity contribution in [3.05, 3.63) is 23.8 Å². The number of ether oxygens (including phenoxy) is 2.